The minimum Gasteiger partial charge on any atom is -0.379 e. The Morgan fingerprint density at radius 2 is 1.91 bits per heavy atom. The van der Waals surface area contributed by atoms with Crippen LogP contribution in [-0.2, 0) is 14.3 Å². The van der Waals surface area contributed by atoms with E-state index in [2.05, 4.69) is 10.2 Å². The maximum absolute atomic E-state index is 13.1. The van der Waals surface area contributed by atoms with Crippen molar-refractivity contribution in [1.82, 2.24) is 10.2 Å². The first kappa shape index (κ1) is 22.8. The van der Waals surface area contributed by atoms with Crippen LogP contribution in [0.4, 0.5) is 5.69 Å². The lowest BCUT2D eigenvalue weighted by atomic mass is 10.0. The summed E-state index contributed by atoms with van der Waals surface area (Å²) < 4.78 is 5.50. The Labute approximate surface area is 194 Å². The molecule has 2 aromatic carbocycles. The summed E-state index contributed by atoms with van der Waals surface area (Å²) in [6.45, 7) is 7.79. The van der Waals surface area contributed by atoms with Crippen LogP contribution in [0.2, 0.25) is 5.02 Å². The lowest BCUT2D eigenvalue weighted by Gasteiger charge is -2.35. The molecule has 2 amide bonds. The number of nitrogens with zero attached hydrogens (tertiary/aromatic N) is 2. The molecule has 0 saturated carbocycles. The molecule has 4 rings (SSSR count). The quantitative estimate of drug-likeness (QED) is 0.724. The maximum Gasteiger partial charge on any atom is 0.227 e. The number of hydrogen-bond donors (Lipinski definition) is 1. The van der Waals surface area contributed by atoms with E-state index < -0.39 is 0 Å². The minimum absolute atomic E-state index is 0.00492. The van der Waals surface area contributed by atoms with Crippen LogP contribution in [0.5, 0.6) is 0 Å². The van der Waals surface area contributed by atoms with E-state index in [0.29, 0.717) is 31.3 Å². The first-order chi connectivity index (χ1) is 15.5. The SMILES string of the molecule is Cc1cccc(N2CC(C(=O)NCC(c3ccccc3Cl)N3CCOCC3)CC2=O)c1C. The molecule has 2 fully saturated rings. The van der Waals surface area contributed by atoms with Gasteiger partial charge < -0.3 is 15.0 Å². The van der Waals surface area contributed by atoms with E-state index in [1.54, 1.807) is 4.90 Å². The molecule has 2 saturated heterocycles. The third kappa shape index (κ3) is 4.82. The molecule has 0 radical (unpaired) electrons. The highest BCUT2D eigenvalue weighted by molar-refractivity contribution is 6.31. The monoisotopic (exact) mass is 455 g/mol. The summed E-state index contributed by atoms with van der Waals surface area (Å²) in [5, 5.41) is 3.80. The Balaban J connectivity index is 1.45. The normalized spacial score (nSPS) is 20.4. The molecule has 0 bridgehead atoms. The van der Waals surface area contributed by atoms with E-state index in [4.69, 9.17) is 16.3 Å². The van der Waals surface area contributed by atoms with Gasteiger partial charge in [-0.2, -0.15) is 0 Å². The van der Waals surface area contributed by atoms with E-state index in [9.17, 15) is 9.59 Å². The number of benzene rings is 2. The number of carbonyl (C=O) groups is 2. The van der Waals surface area contributed by atoms with Gasteiger partial charge in [-0.1, -0.05) is 41.9 Å². The number of halogens is 1. The van der Waals surface area contributed by atoms with Crippen LogP contribution < -0.4 is 10.2 Å². The summed E-state index contributed by atoms with van der Waals surface area (Å²) in [5.74, 6) is -0.454. The third-order valence-corrected chi connectivity index (χ3v) is 6.93. The van der Waals surface area contributed by atoms with Gasteiger partial charge in [-0.3, -0.25) is 14.5 Å². The highest BCUT2D eigenvalue weighted by atomic mass is 35.5. The van der Waals surface area contributed by atoms with Crippen molar-refractivity contribution < 1.29 is 14.3 Å². The van der Waals surface area contributed by atoms with Gasteiger partial charge in [0, 0.05) is 43.3 Å². The van der Waals surface area contributed by atoms with Gasteiger partial charge in [-0.05, 0) is 42.7 Å². The fourth-order valence-electron chi connectivity index (χ4n) is 4.56. The predicted molar refractivity (Wildman–Crippen MR) is 126 cm³/mol. The topological polar surface area (TPSA) is 61.9 Å². The predicted octanol–water partition coefficient (Wildman–Crippen LogP) is 3.50. The largest absolute Gasteiger partial charge is 0.379 e. The summed E-state index contributed by atoms with van der Waals surface area (Å²) >= 11 is 6.49. The molecule has 0 spiro atoms. The molecule has 2 atom stereocenters. The highest BCUT2D eigenvalue weighted by Gasteiger charge is 2.36. The average Bonchev–Trinajstić information content (AvgIpc) is 3.19. The third-order valence-electron chi connectivity index (χ3n) is 6.58. The smallest absolute Gasteiger partial charge is 0.227 e. The van der Waals surface area contributed by atoms with Crippen molar-refractivity contribution in [2.75, 3.05) is 44.3 Å². The number of amides is 2. The number of aryl methyl sites for hydroxylation is 1. The van der Waals surface area contributed by atoms with E-state index in [-0.39, 0.29) is 30.2 Å². The van der Waals surface area contributed by atoms with Crippen molar-refractivity contribution in [2.24, 2.45) is 5.92 Å². The average molecular weight is 456 g/mol. The molecule has 170 valence electrons. The van der Waals surface area contributed by atoms with Gasteiger partial charge in [0.05, 0.1) is 25.2 Å². The van der Waals surface area contributed by atoms with Gasteiger partial charge in [-0.25, -0.2) is 0 Å². The second-order valence-electron chi connectivity index (χ2n) is 8.56. The van der Waals surface area contributed by atoms with Crippen molar-refractivity contribution in [3.05, 3.63) is 64.2 Å². The molecule has 2 aliphatic heterocycles. The fourth-order valence-corrected chi connectivity index (χ4v) is 4.82. The Kier molecular flexibility index (Phi) is 7.13. The van der Waals surface area contributed by atoms with Crippen molar-refractivity contribution in [3.63, 3.8) is 0 Å². The van der Waals surface area contributed by atoms with Crippen LogP contribution in [0, 0.1) is 19.8 Å². The molecule has 2 aliphatic rings. The standard InChI is InChI=1S/C25H30ClN3O3/c1-17-6-5-9-22(18(17)2)29-16-19(14-24(29)30)25(31)27-15-23(28-10-12-32-13-11-28)20-7-3-4-8-21(20)26/h3-9,19,23H,10-16H2,1-2H3,(H,27,31). The van der Waals surface area contributed by atoms with Gasteiger partial charge >= 0.3 is 0 Å². The van der Waals surface area contributed by atoms with Gasteiger partial charge in [-0.15, -0.1) is 0 Å². The molecule has 32 heavy (non-hydrogen) atoms. The van der Waals surface area contributed by atoms with Crippen molar-refractivity contribution >= 4 is 29.1 Å². The van der Waals surface area contributed by atoms with Gasteiger partial charge in [0.1, 0.15) is 0 Å². The van der Waals surface area contributed by atoms with Crippen LogP contribution >= 0.6 is 11.6 Å². The Morgan fingerprint density at radius 1 is 1.16 bits per heavy atom. The van der Waals surface area contributed by atoms with Crippen LogP contribution in [-0.4, -0.2) is 56.1 Å². The Morgan fingerprint density at radius 3 is 2.66 bits per heavy atom. The van der Waals surface area contributed by atoms with Crippen LogP contribution in [0.1, 0.15) is 29.2 Å². The highest BCUT2D eigenvalue weighted by Crippen LogP contribution is 2.31. The summed E-state index contributed by atoms with van der Waals surface area (Å²) in [6, 6.07) is 13.7. The van der Waals surface area contributed by atoms with Gasteiger partial charge in [0.25, 0.3) is 0 Å². The number of morpholine rings is 1. The van der Waals surface area contributed by atoms with Gasteiger partial charge in [0.2, 0.25) is 11.8 Å². The van der Waals surface area contributed by atoms with Crippen molar-refractivity contribution in [3.8, 4) is 0 Å². The van der Waals surface area contributed by atoms with Crippen LogP contribution in [0.25, 0.3) is 0 Å². The summed E-state index contributed by atoms with van der Waals surface area (Å²) in [6.07, 6.45) is 0.230. The van der Waals surface area contributed by atoms with E-state index >= 15 is 0 Å². The summed E-state index contributed by atoms with van der Waals surface area (Å²) in [4.78, 5) is 29.8. The van der Waals surface area contributed by atoms with Crippen LogP contribution in [0.15, 0.2) is 42.5 Å². The molecule has 7 heteroatoms. The number of anilines is 1. The summed E-state index contributed by atoms with van der Waals surface area (Å²) in [5.41, 5.74) is 4.10. The zero-order valence-corrected chi connectivity index (χ0v) is 19.4. The molecule has 0 aliphatic carbocycles. The first-order valence-corrected chi connectivity index (χ1v) is 11.5. The van der Waals surface area contributed by atoms with Crippen LogP contribution in [0.3, 0.4) is 0 Å². The minimum atomic E-state index is -0.362. The summed E-state index contributed by atoms with van der Waals surface area (Å²) in [7, 11) is 0. The van der Waals surface area contributed by atoms with E-state index in [1.807, 2.05) is 56.3 Å². The second-order valence-corrected chi connectivity index (χ2v) is 8.96. The molecule has 2 aromatic rings. The number of nitrogens with one attached hydrogen (secondary N) is 1. The molecule has 2 heterocycles. The fraction of sp³-hybridized carbons (Fsp3) is 0.440. The maximum atomic E-state index is 13.1. The first-order valence-electron chi connectivity index (χ1n) is 11.2. The van der Waals surface area contributed by atoms with Crippen molar-refractivity contribution in [2.45, 2.75) is 26.3 Å². The molecule has 1 N–H and O–H groups in total. The lowest BCUT2D eigenvalue weighted by Crippen LogP contribution is -2.45. The molecule has 6 nitrogen and oxygen atoms in total. The Hall–Kier alpha value is -2.41. The van der Waals surface area contributed by atoms with E-state index in [0.717, 1.165) is 35.5 Å². The molecule has 0 aromatic heterocycles. The zero-order chi connectivity index (χ0) is 22.7. The second kappa shape index (κ2) is 10.0. The zero-order valence-electron chi connectivity index (χ0n) is 18.6. The molecular weight excluding hydrogens is 426 g/mol. The van der Waals surface area contributed by atoms with Gasteiger partial charge in [0.15, 0.2) is 0 Å². The molecule has 2 unspecified atom stereocenters. The lowest BCUT2D eigenvalue weighted by molar-refractivity contribution is -0.126. The number of rotatable bonds is 6. The molecular formula is C25H30ClN3O3. The number of ether oxygens (including phenoxy) is 1. The van der Waals surface area contributed by atoms with E-state index in [1.165, 1.54) is 0 Å². The van der Waals surface area contributed by atoms with Crippen molar-refractivity contribution in [1.29, 1.82) is 0 Å². The number of hydrogen-bond acceptors (Lipinski definition) is 4. The number of carbonyl (C=O) groups excluding carboxylic acids is 2. The Bertz CT molecular complexity index is 990.